The quantitative estimate of drug-likeness (QED) is 0.559. The van der Waals surface area contributed by atoms with Crippen LogP contribution in [-0.2, 0) is 0 Å². The van der Waals surface area contributed by atoms with Gasteiger partial charge < -0.3 is 5.11 Å². The third kappa shape index (κ3) is 3.43. The molecule has 1 heterocycles. The molecule has 0 bridgehead atoms. The molecule has 0 saturated heterocycles. The predicted octanol–water partition coefficient (Wildman–Crippen LogP) is 1.52. The molecule has 3 aromatic rings. The summed E-state index contributed by atoms with van der Waals surface area (Å²) in [5.74, 6) is -0.253. The lowest BCUT2D eigenvalue weighted by atomic mass is 10.1. The molecule has 0 unspecified atom stereocenters. The van der Waals surface area contributed by atoms with Crippen molar-refractivity contribution in [2.24, 2.45) is 5.10 Å². The normalized spacial score (nSPS) is 11.3. The largest absolute Gasteiger partial charge is 0.508 e. The Kier molecular flexibility index (Phi) is 4.28. The molecule has 1 aromatic heterocycles. The van der Waals surface area contributed by atoms with Crippen molar-refractivity contribution >= 4 is 11.6 Å². The Hall–Kier alpha value is -3.55. The highest BCUT2D eigenvalue weighted by Crippen LogP contribution is 2.11. The van der Waals surface area contributed by atoms with Gasteiger partial charge in [-0.05, 0) is 59.3 Å². The molecular formula is C16H14N6O2. The first-order valence-corrected chi connectivity index (χ1v) is 7.11. The van der Waals surface area contributed by atoms with Crippen LogP contribution in [0.4, 0.5) is 0 Å². The summed E-state index contributed by atoms with van der Waals surface area (Å²) in [5, 5.41) is 24.4. The number of phenols is 1. The molecule has 0 spiro atoms. The van der Waals surface area contributed by atoms with Crippen molar-refractivity contribution in [1.82, 2.24) is 25.6 Å². The van der Waals surface area contributed by atoms with E-state index < -0.39 is 0 Å². The van der Waals surface area contributed by atoms with Gasteiger partial charge in [-0.2, -0.15) is 5.10 Å². The molecule has 0 atom stereocenters. The molecule has 0 aliphatic rings. The molecule has 0 aliphatic heterocycles. The van der Waals surface area contributed by atoms with E-state index in [-0.39, 0.29) is 11.7 Å². The average Bonchev–Trinajstić information content (AvgIpc) is 3.15. The predicted molar refractivity (Wildman–Crippen MR) is 86.9 cm³/mol. The van der Waals surface area contributed by atoms with Crippen LogP contribution in [0.3, 0.4) is 0 Å². The van der Waals surface area contributed by atoms with Crippen LogP contribution < -0.4 is 5.43 Å². The second kappa shape index (κ2) is 6.69. The second-order valence-corrected chi connectivity index (χ2v) is 4.99. The van der Waals surface area contributed by atoms with E-state index in [1.165, 1.54) is 35.3 Å². The number of benzene rings is 2. The van der Waals surface area contributed by atoms with E-state index in [4.69, 9.17) is 0 Å². The molecule has 8 heteroatoms. The van der Waals surface area contributed by atoms with Crippen LogP contribution >= 0.6 is 0 Å². The summed E-state index contributed by atoms with van der Waals surface area (Å²) in [6.07, 6.45) is 1.50. The summed E-state index contributed by atoms with van der Waals surface area (Å²) in [5.41, 5.74) is 5.15. The van der Waals surface area contributed by atoms with Gasteiger partial charge in [0.1, 0.15) is 12.1 Å². The minimum atomic E-state index is -0.356. The van der Waals surface area contributed by atoms with Gasteiger partial charge in [0.05, 0.1) is 11.4 Å². The van der Waals surface area contributed by atoms with E-state index in [1.807, 2.05) is 24.3 Å². The van der Waals surface area contributed by atoms with Crippen LogP contribution in [0.15, 0.2) is 60.0 Å². The summed E-state index contributed by atoms with van der Waals surface area (Å²) >= 11 is 0. The number of nitrogens with one attached hydrogen (secondary N) is 1. The standard InChI is InChI=1S/C16H14N6O2/c1-11(18-19-16(24)12-5-7-15(23)8-6-12)13-3-2-4-14(9-13)22-10-17-20-21-22/h2-10,23H,1H3,(H,19,24)/b18-11-. The molecule has 120 valence electrons. The van der Waals surface area contributed by atoms with Crippen LogP contribution in [0.2, 0.25) is 0 Å². The maximum atomic E-state index is 12.0. The number of hydrogen-bond donors (Lipinski definition) is 2. The fourth-order valence-electron chi connectivity index (χ4n) is 2.03. The third-order valence-electron chi connectivity index (χ3n) is 3.33. The van der Waals surface area contributed by atoms with E-state index in [9.17, 15) is 9.90 Å². The Morgan fingerprint density at radius 3 is 2.67 bits per heavy atom. The first-order valence-electron chi connectivity index (χ1n) is 7.11. The molecule has 24 heavy (non-hydrogen) atoms. The maximum absolute atomic E-state index is 12.0. The first-order chi connectivity index (χ1) is 11.6. The number of amides is 1. The molecule has 0 fully saturated rings. The zero-order valence-corrected chi connectivity index (χ0v) is 12.8. The van der Waals surface area contributed by atoms with Crippen molar-refractivity contribution < 1.29 is 9.90 Å². The van der Waals surface area contributed by atoms with E-state index in [1.54, 1.807) is 6.92 Å². The lowest BCUT2D eigenvalue weighted by molar-refractivity contribution is 0.0955. The zero-order valence-electron chi connectivity index (χ0n) is 12.8. The second-order valence-electron chi connectivity index (χ2n) is 4.99. The number of nitrogens with zero attached hydrogens (tertiary/aromatic N) is 5. The topological polar surface area (TPSA) is 105 Å². The summed E-state index contributed by atoms with van der Waals surface area (Å²) in [7, 11) is 0. The highest BCUT2D eigenvalue weighted by Gasteiger charge is 2.06. The lowest BCUT2D eigenvalue weighted by Crippen LogP contribution is -2.19. The SMILES string of the molecule is C/C(=N/NC(=O)c1ccc(O)cc1)c1cccc(-n2cnnn2)c1. The minimum absolute atomic E-state index is 0.102. The van der Waals surface area contributed by atoms with Gasteiger partial charge in [0.2, 0.25) is 0 Å². The van der Waals surface area contributed by atoms with Gasteiger partial charge in [-0.15, -0.1) is 5.10 Å². The lowest BCUT2D eigenvalue weighted by Gasteiger charge is -2.05. The molecule has 1 amide bonds. The first kappa shape index (κ1) is 15.3. The highest BCUT2D eigenvalue weighted by molar-refractivity contribution is 6.01. The molecule has 0 radical (unpaired) electrons. The van der Waals surface area contributed by atoms with E-state index in [0.717, 1.165) is 11.3 Å². The fraction of sp³-hybridized carbons (Fsp3) is 0.0625. The number of aromatic nitrogens is 4. The number of hydrazone groups is 1. The van der Waals surface area contributed by atoms with Gasteiger partial charge in [0.25, 0.3) is 5.91 Å². The Balaban J connectivity index is 1.75. The molecule has 2 aromatic carbocycles. The van der Waals surface area contributed by atoms with Gasteiger partial charge >= 0.3 is 0 Å². The summed E-state index contributed by atoms with van der Waals surface area (Å²) in [4.78, 5) is 12.0. The zero-order chi connectivity index (χ0) is 16.9. The van der Waals surface area contributed by atoms with Crippen molar-refractivity contribution in [3.63, 3.8) is 0 Å². The van der Waals surface area contributed by atoms with Gasteiger partial charge in [-0.3, -0.25) is 4.79 Å². The van der Waals surface area contributed by atoms with Crippen molar-refractivity contribution in [3.8, 4) is 11.4 Å². The monoisotopic (exact) mass is 322 g/mol. The smallest absolute Gasteiger partial charge is 0.271 e. The van der Waals surface area contributed by atoms with Crippen LogP contribution in [0.1, 0.15) is 22.8 Å². The number of aromatic hydroxyl groups is 1. The number of hydrogen-bond acceptors (Lipinski definition) is 6. The van der Waals surface area contributed by atoms with Crippen LogP contribution in [0, 0.1) is 0 Å². The molecular weight excluding hydrogens is 308 g/mol. The Bertz CT molecular complexity index is 872. The van der Waals surface area contributed by atoms with E-state index in [0.29, 0.717) is 11.3 Å². The fourth-order valence-corrected chi connectivity index (χ4v) is 2.03. The number of carbonyl (C=O) groups excluding carboxylic acids is 1. The molecule has 2 N–H and O–H groups in total. The molecule has 0 saturated carbocycles. The van der Waals surface area contributed by atoms with Gasteiger partial charge in [-0.1, -0.05) is 12.1 Å². The number of carbonyl (C=O) groups is 1. The average molecular weight is 322 g/mol. The molecule has 8 nitrogen and oxygen atoms in total. The summed E-state index contributed by atoms with van der Waals surface area (Å²) in [6.45, 7) is 1.79. The van der Waals surface area contributed by atoms with E-state index in [2.05, 4.69) is 26.1 Å². The molecule has 0 aliphatic carbocycles. The van der Waals surface area contributed by atoms with E-state index >= 15 is 0 Å². The molecule has 3 rings (SSSR count). The Labute approximate surface area is 137 Å². The highest BCUT2D eigenvalue weighted by atomic mass is 16.3. The van der Waals surface area contributed by atoms with Crippen LogP contribution in [0.5, 0.6) is 5.75 Å². The van der Waals surface area contributed by atoms with Crippen molar-refractivity contribution in [1.29, 1.82) is 0 Å². The van der Waals surface area contributed by atoms with Gasteiger partial charge in [0, 0.05) is 5.56 Å². The van der Waals surface area contributed by atoms with Crippen LogP contribution in [-0.4, -0.2) is 36.9 Å². The van der Waals surface area contributed by atoms with Crippen LogP contribution in [0.25, 0.3) is 5.69 Å². The number of rotatable bonds is 4. The van der Waals surface area contributed by atoms with Gasteiger partial charge in [-0.25, -0.2) is 10.1 Å². The number of tetrazole rings is 1. The summed E-state index contributed by atoms with van der Waals surface area (Å²) < 4.78 is 1.53. The Morgan fingerprint density at radius 1 is 1.17 bits per heavy atom. The minimum Gasteiger partial charge on any atom is -0.508 e. The summed E-state index contributed by atoms with van der Waals surface area (Å²) in [6, 6.07) is 13.4. The van der Waals surface area contributed by atoms with Crippen molar-refractivity contribution in [2.45, 2.75) is 6.92 Å². The third-order valence-corrected chi connectivity index (χ3v) is 3.33. The van der Waals surface area contributed by atoms with Crippen molar-refractivity contribution in [3.05, 3.63) is 66.0 Å². The number of phenolic OH excluding ortho intramolecular Hbond substituents is 1. The van der Waals surface area contributed by atoms with Gasteiger partial charge in [0.15, 0.2) is 0 Å². The Morgan fingerprint density at radius 2 is 1.96 bits per heavy atom. The van der Waals surface area contributed by atoms with Crippen molar-refractivity contribution in [2.75, 3.05) is 0 Å². The maximum Gasteiger partial charge on any atom is 0.271 e.